The summed E-state index contributed by atoms with van der Waals surface area (Å²) in [6, 6.07) is 4.45. The number of aromatic nitrogens is 2. The summed E-state index contributed by atoms with van der Waals surface area (Å²) in [5, 5.41) is 1.64. The highest BCUT2D eigenvalue weighted by Crippen LogP contribution is 2.36. The Morgan fingerprint density at radius 1 is 1.38 bits per heavy atom. The number of thioether (sulfide) groups is 1. The third-order valence-corrected chi connectivity index (χ3v) is 4.81. The first-order valence-electron chi connectivity index (χ1n) is 7.53. The van der Waals surface area contributed by atoms with E-state index in [0.717, 1.165) is 23.9 Å². The number of anilines is 1. The van der Waals surface area contributed by atoms with Gasteiger partial charge in [0.25, 0.3) is 5.56 Å². The maximum Gasteiger partial charge on any atom is 0.417 e. The summed E-state index contributed by atoms with van der Waals surface area (Å²) < 4.78 is 40.4. The number of hydrogen-bond donors (Lipinski definition) is 1. The molecule has 5 nitrogen and oxygen atoms in total. The van der Waals surface area contributed by atoms with Crippen molar-refractivity contribution < 1.29 is 18.0 Å². The Balaban J connectivity index is 2.15. The van der Waals surface area contributed by atoms with Gasteiger partial charge in [0.1, 0.15) is 0 Å². The maximum atomic E-state index is 12.9. The Kier molecular flexibility index (Phi) is 6.35. The van der Waals surface area contributed by atoms with Crippen LogP contribution in [0.15, 0.2) is 40.4 Å². The van der Waals surface area contributed by atoms with Crippen molar-refractivity contribution in [2.45, 2.75) is 37.0 Å². The molecule has 26 heavy (non-hydrogen) atoms. The summed E-state index contributed by atoms with van der Waals surface area (Å²) in [7, 11) is 0. The summed E-state index contributed by atoms with van der Waals surface area (Å²) in [6.45, 7) is 3.98. The smallest absolute Gasteiger partial charge is 0.328 e. The Hall–Kier alpha value is -2.00. The maximum absolute atomic E-state index is 12.9. The molecule has 140 valence electrons. The highest BCUT2D eigenvalue weighted by Gasteiger charge is 2.33. The molecule has 0 aliphatic carbocycles. The topological polar surface area (TPSA) is 64.0 Å². The molecule has 0 fully saturated rings. The molecule has 1 amide bonds. The van der Waals surface area contributed by atoms with Gasteiger partial charge in [-0.05, 0) is 32.0 Å². The third kappa shape index (κ3) is 5.01. The number of halogens is 4. The van der Waals surface area contributed by atoms with E-state index in [1.807, 2.05) is 6.92 Å². The van der Waals surface area contributed by atoms with Gasteiger partial charge in [-0.25, -0.2) is 0 Å². The standard InChI is InChI=1S/C16H15ClF3N3O2S/c1-3-23-7-6-13(24)22-15(23)26-9(2)14(25)21-10-4-5-12(17)11(8-10)16(18,19)20/h4-9H,3H2,1-2H3,(H,21,25). The Labute approximate surface area is 156 Å². The van der Waals surface area contributed by atoms with Gasteiger partial charge in [0.15, 0.2) is 5.16 Å². The summed E-state index contributed by atoms with van der Waals surface area (Å²) in [5.74, 6) is -0.522. The van der Waals surface area contributed by atoms with E-state index < -0.39 is 33.5 Å². The molecule has 0 saturated carbocycles. The summed E-state index contributed by atoms with van der Waals surface area (Å²) in [6.07, 6.45) is -3.06. The van der Waals surface area contributed by atoms with Crippen molar-refractivity contribution in [3.05, 3.63) is 51.4 Å². The average Bonchev–Trinajstić information content (AvgIpc) is 2.55. The number of alkyl halides is 3. The lowest BCUT2D eigenvalue weighted by molar-refractivity contribution is -0.137. The van der Waals surface area contributed by atoms with Gasteiger partial charge in [-0.1, -0.05) is 23.4 Å². The van der Waals surface area contributed by atoms with Crippen LogP contribution < -0.4 is 10.9 Å². The second-order valence-electron chi connectivity index (χ2n) is 5.28. The quantitative estimate of drug-likeness (QED) is 0.602. The Morgan fingerprint density at radius 3 is 2.69 bits per heavy atom. The minimum Gasteiger partial charge on any atom is -0.328 e. The fraction of sp³-hybridized carbons (Fsp3) is 0.312. The molecule has 0 spiro atoms. The summed E-state index contributed by atoms with van der Waals surface area (Å²) in [5.41, 5.74) is -1.48. The van der Waals surface area contributed by atoms with E-state index in [1.54, 1.807) is 17.7 Å². The van der Waals surface area contributed by atoms with E-state index in [4.69, 9.17) is 11.6 Å². The van der Waals surface area contributed by atoms with E-state index in [1.165, 1.54) is 12.1 Å². The lowest BCUT2D eigenvalue weighted by Gasteiger charge is -2.15. The number of carbonyl (C=O) groups is 1. The van der Waals surface area contributed by atoms with Crippen LogP contribution in [0, 0.1) is 0 Å². The molecule has 0 radical (unpaired) electrons. The number of hydrogen-bond acceptors (Lipinski definition) is 4. The number of aryl methyl sites for hydroxylation is 1. The number of amides is 1. The molecule has 0 aliphatic heterocycles. The van der Waals surface area contributed by atoms with Crippen LogP contribution in [0.25, 0.3) is 0 Å². The van der Waals surface area contributed by atoms with E-state index in [0.29, 0.717) is 11.7 Å². The minimum atomic E-state index is -4.62. The Bertz CT molecular complexity index is 871. The molecular formula is C16H15ClF3N3O2S. The van der Waals surface area contributed by atoms with Crippen LogP contribution in [0.1, 0.15) is 19.4 Å². The zero-order valence-corrected chi connectivity index (χ0v) is 15.4. The van der Waals surface area contributed by atoms with Crippen molar-refractivity contribution in [1.29, 1.82) is 0 Å². The second kappa shape index (κ2) is 8.13. The Morgan fingerprint density at radius 2 is 2.08 bits per heavy atom. The van der Waals surface area contributed by atoms with Gasteiger partial charge in [0, 0.05) is 24.5 Å². The van der Waals surface area contributed by atoms with Gasteiger partial charge >= 0.3 is 6.18 Å². The predicted octanol–water partition coefficient (Wildman–Crippen LogP) is 4.05. The van der Waals surface area contributed by atoms with Gasteiger partial charge in [-0.15, -0.1) is 0 Å². The largest absolute Gasteiger partial charge is 0.417 e. The van der Waals surface area contributed by atoms with E-state index in [-0.39, 0.29) is 5.69 Å². The minimum absolute atomic E-state index is 0.0203. The van der Waals surface area contributed by atoms with Gasteiger partial charge in [-0.3, -0.25) is 9.59 Å². The van der Waals surface area contributed by atoms with Crippen molar-refractivity contribution in [2.24, 2.45) is 0 Å². The fourth-order valence-electron chi connectivity index (χ4n) is 2.02. The average molecular weight is 406 g/mol. The van der Waals surface area contributed by atoms with Crippen LogP contribution in [0.4, 0.5) is 18.9 Å². The second-order valence-corrected chi connectivity index (χ2v) is 6.99. The van der Waals surface area contributed by atoms with E-state index in [9.17, 15) is 22.8 Å². The predicted molar refractivity (Wildman–Crippen MR) is 94.6 cm³/mol. The van der Waals surface area contributed by atoms with Gasteiger partial charge in [0.2, 0.25) is 5.91 Å². The highest BCUT2D eigenvalue weighted by molar-refractivity contribution is 8.00. The first kappa shape index (κ1) is 20.3. The molecule has 1 N–H and O–H groups in total. The summed E-state index contributed by atoms with van der Waals surface area (Å²) >= 11 is 6.60. The van der Waals surface area contributed by atoms with E-state index in [2.05, 4.69) is 10.3 Å². The van der Waals surface area contributed by atoms with Crippen molar-refractivity contribution >= 4 is 35.0 Å². The molecule has 1 heterocycles. The molecule has 0 saturated heterocycles. The monoisotopic (exact) mass is 405 g/mol. The van der Waals surface area contributed by atoms with Crippen LogP contribution in [0.3, 0.4) is 0 Å². The lowest BCUT2D eigenvalue weighted by atomic mass is 10.2. The van der Waals surface area contributed by atoms with Crippen LogP contribution in [0.5, 0.6) is 0 Å². The number of nitrogens with zero attached hydrogens (tertiary/aromatic N) is 2. The molecule has 10 heteroatoms. The van der Waals surface area contributed by atoms with Crippen LogP contribution in [0.2, 0.25) is 5.02 Å². The molecule has 1 aromatic heterocycles. The molecular weight excluding hydrogens is 391 g/mol. The zero-order chi connectivity index (χ0) is 19.5. The van der Waals surface area contributed by atoms with Crippen LogP contribution in [-0.4, -0.2) is 20.7 Å². The third-order valence-electron chi connectivity index (χ3n) is 3.38. The molecule has 2 aromatic rings. The molecule has 0 bridgehead atoms. The van der Waals surface area contributed by atoms with Crippen molar-refractivity contribution in [3.63, 3.8) is 0 Å². The molecule has 2 rings (SSSR count). The van der Waals surface area contributed by atoms with Crippen LogP contribution in [-0.2, 0) is 17.5 Å². The van der Waals surface area contributed by atoms with Crippen molar-refractivity contribution in [2.75, 3.05) is 5.32 Å². The van der Waals surface area contributed by atoms with E-state index >= 15 is 0 Å². The number of benzene rings is 1. The first-order chi connectivity index (χ1) is 12.1. The molecule has 1 atom stereocenters. The highest BCUT2D eigenvalue weighted by atomic mass is 35.5. The SMILES string of the molecule is CCn1ccc(=O)nc1SC(C)C(=O)Nc1ccc(Cl)c(C(F)(F)F)c1. The van der Waals surface area contributed by atoms with Gasteiger partial charge in [-0.2, -0.15) is 18.2 Å². The normalized spacial score (nSPS) is 12.7. The zero-order valence-electron chi connectivity index (χ0n) is 13.8. The number of nitrogens with one attached hydrogen (secondary N) is 1. The van der Waals surface area contributed by atoms with Crippen molar-refractivity contribution in [1.82, 2.24) is 9.55 Å². The molecule has 1 unspecified atom stereocenters. The first-order valence-corrected chi connectivity index (χ1v) is 8.79. The fourth-order valence-corrected chi connectivity index (χ4v) is 3.20. The van der Waals surface area contributed by atoms with Gasteiger partial charge < -0.3 is 9.88 Å². The molecule has 1 aromatic carbocycles. The van der Waals surface area contributed by atoms with Gasteiger partial charge in [0.05, 0.1) is 15.8 Å². The molecule has 0 aliphatic rings. The van der Waals surface area contributed by atoms with Crippen LogP contribution >= 0.6 is 23.4 Å². The number of carbonyl (C=O) groups excluding carboxylic acids is 1. The lowest BCUT2D eigenvalue weighted by Crippen LogP contribution is -2.24. The number of rotatable bonds is 5. The summed E-state index contributed by atoms with van der Waals surface area (Å²) in [4.78, 5) is 27.5. The van der Waals surface area contributed by atoms with Crippen molar-refractivity contribution in [3.8, 4) is 0 Å².